The third kappa shape index (κ3) is 5.90. The molecule has 0 radical (unpaired) electrons. The molecule has 0 N–H and O–H groups in total. The summed E-state index contributed by atoms with van der Waals surface area (Å²) in [6.07, 6.45) is 0. The molecule has 0 fully saturated rings. The average Bonchev–Trinajstić information content (AvgIpc) is 3.87. The fourth-order valence-corrected chi connectivity index (χ4v) is 9.15. The van der Waals surface area contributed by atoms with E-state index in [2.05, 4.69) is 234 Å². The Morgan fingerprint density at radius 2 is 0.710 bits per heavy atom. The quantitative estimate of drug-likeness (QED) is 0.162. The van der Waals surface area contributed by atoms with E-state index < -0.39 is 0 Å². The third-order valence-corrected chi connectivity index (χ3v) is 12.0. The van der Waals surface area contributed by atoms with Crippen molar-refractivity contribution in [1.82, 2.24) is 24.1 Å². The van der Waals surface area contributed by atoms with Gasteiger partial charge in [0.05, 0.1) is 27.8 Å². The number of hydrogen-bond acceptors (Lipinski definition) is 3. The summed E-state index contributed by atoms with van der Waals surface area (Å²) < 4.78 is 4.56. The second kappa shape index (κ2) is 14.7. The first-order chi connectivity index (χ1) is 30.8. The first-order valence-corrected chi connectivity index (χ1v) is 21.0. The van der Waals surface area contributed by atoms with Crippen LogP contribution < -0.4 is 0 Å². The van der Waals surface area contributed by atoms with Gasteiger partial charge in [-0.15, -0.1) is 0 Å². The zero-order valence-electron chi connectivity index (χ0n) is 33.6. The largest absolute Gasteiger partial charge is 0.308 e. The Kier molecular flexibility index (Phi) is 8.42. The minimum atomic E-state index is 0.553. The molecule has 0 bridgehead atoms. The van der Waals surface area contributed by atoms with Crippen LogP contribution in [0.25, 0.3) is 111 Å². The van der Waals surface area contributed by atoms with E-state index in [9.17, 15) is 0 Å². The minimum Gasteiger partial charge on any atom is -0.308 e. The number of nitrogens with zero attached hydrogens (tertiary/aromatic N) is 5. The molecule has 0 spiro atoms. The van der Waals surface area contributed by atoms with Crippen LogP contribution in [0, 0.1) is 0 Å². The lowest BCUT2D eigenvalue weighted by molar-refractivity contribution is 0.952. The van der Waals surface area contributed by atoms with E-state index in [-0.39, 0.29) is 0 Å². The number of hydrogen-bond donors (Lipinski definition) is 0. The highest BCUT2D eigenvalue weighted by Crippen LogP contribution is 2.40. The predicted octanol–water partition coefficient (Wildman–Crippen LogP) is 14.4. The molecule has 5 heteroatoms. The Labute approximate surface area is 358 Å². The lowest BCUT2D eigenvalue weighted by Gasteiger charge is -2.17. The van der Waals surface area contributed by atoms with Gasteiger partial charge < -0.3 is 4.57 Å². The molecule has 12 aromatic rings. The van der Waals surface area contributed by atoms with E-state index in [0.717, 1.165) is 77.5 Å². The molecule has 0 unspecified atom stereocenters. The summed E-state index contributed by atoms with van der Waals surface area (Å²) in [5.41, 5.74) is 13.8. The van der Waals surface area contributed by atoms with Gasteiger partial charge in [-0.05, 0) is 81.9 Å². The Balaban J connectivity index is 1.15. The molecule has 5 nitrogen and oxygen atoms in total. The molecule has 3 aromatic heterocycles. The molecule has 0 aliphatic heterocycles. The molecule has 0 atom stereocenters. The van der Waals surface area contributed by atoms with Crippen LogP contribution in [0.3, 0.4) is 0 Å². The molecular weight excluding hydrogens is 755 g/mol. The molecule has 290 valence electrons. The van der Waals surface area contributed by atoms with Gasteiger partial charge in [-0.25, -0.2) is 4.98 Å². The zero-order valence-corrected chi connectivity index (χ0v) is 33.6. The maximum absolute atomic E-state index is 5.48. The Morgan fingerprint density at radius 1 is 0.258 bits per heavy atom. The minimum absolute atomic E-state index is 0.553. The van der Waals surface area contributed by atoms with Gasteiger partial charge in [-0.1, -0.05) is 176 Å². The van der Waals surface area contributed by atoms with Gasteiger partial charge >= 0.3 is 0 Å². The standard InChI is InChI=1S/C57H37N5/c1-4-18-38(19-5-1)41-33-35-47(49(36-41)40-22-8-3-9-23-40)55-58-56(60-57(59-55)62-51-29-15-11-24-43(51)44-25-12-16-30-52(44)62)48-27-13-17-31-53(48)61-50-28-14-10-26-45(50)46-34-32-42(37-54(46)61)39-20-6-2-7-21-39/h1-37H. The molecule has 62 heavy (non-hydrogen) atoms. The Morgan fingerprint density at radius 3 is 1.32 bits per heavy atom. The van der Waals surface area contributed by atoms with Crippen LogP contribution in [0.4, 0.5) is 0 Å². The SMILES string of the molecule is c1ccc(-c2ccc(-c3nc(-c4ccccc4-n4c5ccccc5c5ccc(-c6ccccc6)cc54)nc(-n4c5ccccc5c5ccccc54)n3)c(-c3ccccc3)c2)cc1. The van der Waals surface area contributed by atoms with Crippen molar-refractivity contribution in [2.24, 2.45) is 0 Å². The van der Waals surface area contributed by atoms with Gasteiger partial charge in [0.2, 0.25) is 5.95 Å². The van der Waals surface area contributed by atoms with Gasteiger partial charge in [0.1, 0.15) is 0 Å². The monoisotopic (exact) mass is 791 g/mol. The van der Waals surface area contributed by atoms with Crippen molar-refractivity contribution in [2.75, 3.05) is 0 Å². The van der Waals surface area contributed by atoms with Crippen molar-refractivity contribution in [1.29, 1.82) is 0 Å². The number of aromatic nitrogens is 5. The highest BCUT2D eigenvalue weighted by atomic mass is 15.2. The molecule has 0 aliphatic rings. The second-order valence-electron chi connectivity index (χ2n) is 15.6. The highest BCUT2D eigenvalue weighted by molar-refractivity contribution is 6.11. The topological polar surface area (TPSA) is 48.5 Å². The van der Waals surface area contributed by atoms with Crippen LogP contribution >= 0.6 is 0 Å². The van der Waals surface area contributed by atoms with E-state index in [0.29, 0.717) is 17.6 Å². The van der Waals surface area contributed by atoms with Gasteiger partial charge in [0, 0.05) is 32.7 Å². The van der Waals surface area contributed by atoms with Gasteiger partial charge in [0.25, 0.3) is 0 Å². The molecular formula is C57H37N5. The molecule has 0 saturated carbocycles. The Bertz CT molecular complexity index is 3570. The summed E-state index contributed by atoms with van der Waals surface area (Å²) in [5.74, 6) is 1.73. The molecule has 0 aliphatic carbocycles. The first kappa shape index (κ1) is 35.5. The van der Waals surface area contributed by atoms with Gasteiger partial charge in [0.15, 0.2) is 11.6 Å². The smallest absolute Gasteiger partial charge is 0.238 e. The summed E-state index contributed by atoms with van der Waals surface area (Å²) in [7, 11) is 0. The van der Waals surface area contributed by atoms with Crippen molar-refractivity contribution < 1.29 is 0 Å². The lowest BCUT2D eigenvalue weighted by Crippen LogP contribution is -2.08. The van der Waals surface area contributed by atoms with Crippen molar-refractivity contribution >= 4 is 43.6 Å². The maximum atomic E-state index is 5.48. The molecule has 12 rings (SSSR count). The summed E-state index contributed by atoms with van der Waals surface area (Å²) in [5, 5.41) is 4.65. The summed E-state index contributed by atoms with van der Waals surface area (Å²) in [6, 6.07) is 79.2. The third-order valence-electron chi connectivity index (χ3n) is 12.0. The van der Waals surface area contributed by atoms with Crippen LogP contribution in [0.5, 0.6) is 0 Å². The van der Waals surface area contributed by atoms with E-state index in [1.54, 1.807) is 0 Å². The van der Waals surface area contributed by atoms with E-state index in [1.165, 1.54) is 16.3 Å². The fourth-order valence-electron chi connectivity index (χ4n) is 9.15. The lowest BCUT2D eigenvalue weighted by atomic mass is 9.94. The van der Waals surface area contributed by atoms with Crippen molar-refractivity contribution in [3.05, 3.63) is 224 Å². The summed E-state index contributed by atoms with van der Waals surface area (Å²) >= 11 is 0. The van der Waals surface area contributed by atoms with Crippen molar-refractivity contribution in [2.45, 2.75) is 0 Å². The van der Waals surface area contributed by atoms with Crippen LogP contribution in [0.2, 0.25) is 0 Å². The highest BCUT2D eigenvalue weighted by Gasteiger charge is 2.23. The van der Waals surface area contributed by atoms with Gasteiger partial charge in [-0.3, -0.25) is 4.57 Å². The molecule has 0 saturated heterocycles. The van der Waals surface area contributed by atoms with E-state index in [4.69, 9.17) is 15.0 Å². The fraction of sp³-hybridized carbons (Fsp3) is 0. The number of fused-ring (bicyclic) bond motifs is 6. The summed E-state index contributed by atoms with van der Waals surface area (Å²) in [4.78, 5) is 16.4. The van der Waals surface area contributed by atoms with Crippen LogP contribution in [0.15, 0.2) is 224 Å². The van der Waals surface area contributed by atoms with Crippen LogP contribution in [-0.4, -0.2) is 24.1 Å². The van der Waals surface area contributed by atoms with Crippen molar-refractivity contribution in [3.8, 4) is 67.8 Å². The number of para-hydroxylation sites is 4. The van der Waals surface area contributed by atoms with Crippen LogP contribution in [0.1, 0.15) is 0 Å². The number of rotatable bonds is 7. The Hall–Kier alpha value is -8.41. The summed E-state index contributed by atoms with van der Waals surface area (Å²) in [6.45, 7) is 0. The van der Waals surface area contributed by atoms with E-state index >= 15 is 0 Å². The normalized spacial score (nSPS) is 11.5. The first-order valence-electron chi connectivity index (χ1n) is 21.0. The predicted molar refractivity (Wildman–Crippen MR) is 256 cm³/mol. The molecule has 3 heterocycles. The van der Waals surface area contributed by atoms with Crippen molar-refractivity contribution in [3.63, 3.8) is 0 Å². The van der Waals surface area contributed by atoms with E-state index in [1.807, 2.05) is 0 Å². The number of benzene rings is 9. The van der Waals surface area contributed by atoms with Crippen LogP contribution in [-0.2, 0) is 0 Å². The molecule has 9 aromatic carbocycles. The van der Waals surface area contributed by atoms with Gasteiger partial charge in [-0.2, -0.15) is 9.97 Å². The zero-order chi connectivity index (χ0) is 41.0. The maximum Gasteiger partial charge on any atom is 0.238 e. The molecule has 0 amide bonds. The second-order valence-corrected chi connectivity index (χ2v) is 15.6. The average molecular weight is 792 g/mol.